The maximum atomic E-state index is 12.6. The molecule has 2 aromatic carbocycles. The van der Waals surface area contributed by atoms with Crippen LogP contribution in [-0.4, -0.2) is 16.1 Å². The van der Waals surface area contributed by atoms with Crippen molar-refractivity contribution in [2.24, 2.45) is 11.7 Å². The molecule has 163 valence electrons. The molecular weight excluding hydrogens is 396 g/mol. The van der Waals surface area contributed by atoms with Crippen molar-refractivity contribution in [3.8, 4) is 22.4 Å². The zero-order valence-electron chi connectivity index (χ0n) is 18.3. The number of benzene rings is 2. The zero-order chi connectivity index (χ0) is 22.0. The highest BCUT2D eigenvalue weighted by molar-refractivity contribution is 5.91. The molecule has 0 bridgehead atoms. The zero-order valence-corrected chi connectivity index (χ0v) is 18.3. The first-order valence-corrected chi connectivity index (χ1v) is 11.6. The molecule has 0 unspecified atom stereocenters. The Morgan fingerprint density at radius 2 is 1.69 bits per heavy atom. The molecule has 2 fully saturated rings. The van der Waals surface area contributed by atoms with Crippen LogP contribution in [0.3, 0.4) is 0 Å². The highest BCUT2D eigenvalue weighted by Crippen LogP contribution is 2.43. The molecule has 5 nitrogen and oxygen atoms in total. The van der Waals surface area contributed by atoms with E-state index < -0.39 is 0 Å². The fourth-order valence-electron chi connectivity index (χ4n) is 4.54. The molecule has 3 N–H and O–H groups in total. The van der Waals surface area contributed by atoms with Gasteiger partial charge in [-0.15, -0.1) is 10.2 Å². The lowest BCUT2D eigenvalue weighted by atomic mass is 9.87. The minimum absolute atomic E-state index is 0.0139. The standard InChI is InChI=1S/C27H29N4O/c28-27(15-16-27)22-13-11-21(12-14-22)26-23(20-9-5-2-6-10-20)18-24(30-31-26)29-25(32)17-19-7-3-1-4-8-19/h1-2,5-6,9-14,18-19H,3-4,7-8,15-17,28H2,(H,29,30,32). The van der Waals surface area contributed by atoms with Crippen molar-refractivity contribution in [1.82, 2.24) is 10.2 Å². The Labute approximate surface area is 189 Å². The van der Waals surface area contributed by atoms with Gasteiger partial charge >= 0.3 is 0 Å². The Hall–Kier alpha value is -3.05. The molecule has 0 spiro atoms. The second kappa shape index (κ2) is 8.83. The minimum Gasteiger partial charge on any atom is -0.321 e. The number of nitrogens with one attached hydrogen (secondary N) is 1. The van der Waals surface area contributed by atoms with E-state index in [0.717, 1.165) is 60.9 Å². The van der Waals surface area contributed by atoms with Gasteiger partial charge < -0.3 is 11.1 Å². The monoisotopic (exact) mass is 425 g/mol. The van der Waals surface area contributed by atoms with E-state index in [1.165, 1.54) is 5.56 Å². The normalized spacial score (nSPS) is 17.7. The Balaban J connectivity index is 1.41. The predicted octanol–water partition coefficient (Wildman–Crippen LogP) is 5.48. The van der Waals surface area contributed by atoms with E-state index in [0.29, 0.717) is 18.2 Å². The Morgan fingerprint density at radius 1 is 0.969 bits per heavy atom. The van der Waals surface area contributed by atoms with Gasteiger partial charge in [-0.05, 0) is 68.1 Å². The molecule has 5 heteroatoms. The smallest absolute Gasteiger partial charge is 0.225 e. The number of rotatable bonds is 6. The van der Waals surface area contributed by atoms with Crippen molar-refractivity contribution < 1.29 is 4.79 Å². The lowest BCUT2D eigenvalue weighted by molar-refractivity contribution is -0.117. The van der Waals surface area contributed by atoms with Crippen LogP contribution in [0.15, 0.2) is 60.7 Å². The van der Waals surface area contributed by atoms with Crippen LogP contribution in [0.4, 0.5) is 5.82 Å². The molecular formula is C27H29N4O. The third-order valence-corrected chi connectivity index (χ3v) is 6.70. The third kappa shape index (κ3) is 4.58. The van der Waals surface area contributed by atoms with Gasteiger partial charge in [-0.3, -0.25) is 4.79 Å². The number of carbonyl (C=O) groups is 1. The summed E-state index contributed by atoms with van der Waals surface area (Å²) in [6.45, 7) is 0. The molecule has 1 amide bonds. The van der Waals surface area contributed by atoms with Crippen molar-refractivity contribution in [2.45, 2.75) is 50.5 Å². The molecule has 0 aliphatic heterocycles. The van der Waals surface area contributed by atoms with Crippen molar-refractivity contribution in [1.29, 1.82) is 0 Å². The van der Waals surface area contributed by atoms with Gasteiger partial charge in [0.25, 0.3) is 0 Å². The van der Waals surface area contributed by atoms with Crippen LogP contribution < -0.4 is 11.1 Å². The number of anilines is 1. The molecule has 2 saturated carbocycles. The van der Waals surface area contributed by atoms with Gasteiger partial charge in [-0.1, -0.05) is 54.6 Å². The maximum absolute atomic E-state index is 12.6. The van der Waals surface area contributed by atoms with Gasteiger partial charge in [0.05, 0.1) is 0 Å². The van der Waals surface area contributed by atoms with Crippen LogP contribution in [0.25, 0.3) is 22.4 Å². The highest BCUT2D eigenvalue weighted by atomic mass is 16.1. The van der Waals surface area contributed by atoms with Crippen LogP contribution in [-0.2, 0) is 10.3 Å². The lowest BCUT2D eigenvalue weighted by Crippen LogP contribution is -2.19. The second-order valence-corrected chi connectivity index (χ2v) is 9.15. The third-order valence-electron chi connectivity index (χ3n) is 6.70. The highest BCUT2D eigenvalue weighted by Gasteiger charge is 2.39. The van der Waals surface area contributed by atoms with Gasteiger partial charge in [0.2, 0.25) is 5.91 Å². The van der Waals surface area contributed by atoms with Crippen LogP contribution in [0.2, 0.25) is 0 Å². The summed E-state index contributed by atoms with van der Waals surface area (Å²) in [4.78, 5) is 12.6. The summed E-state index contributed by atoms with van der Waals surface area (Å²) in [5, 5.41) is 11.9. The van der Waals surface area contributed by atoms with Gasteiger partial charge in [0.1, 0.15) is 5.69 Å². The summed E-state index contributed by atoms with van der Waals surface area (Å²) in [5.74, 6) is 0.965. The molecule has 0 saturated heterocycles. The maximum Gasteiger partial charge on any atom is 0.225 e. The van der Waals surface area contributed by atoms with Crippen LogP contribution in [0.1, 0.15) is 50.5 Å². The average molecular weight is 426 g/mol. The molecule has 3 aromatic rings. The number of carbonyl (C=O) groups excluding carboxylic acids is 1. The molecule has 1 heterocycles. The summed E-state index contributed by atoms with van der Waals surface area (Å²) < 4.78 is 0. The molecule has 1 radical (unpaired) electrons. The largest absolute Gasteiger partial charge is 0.321 e. The summed E-state index contributed by atoms with van der Waals surface area (Å²) in [6, 6.07) is 20.4. The summed E-state index contributed by atoms with van der Waals surface area (Å²) in [5.41, 5.74) is 11.1. The summed E-state index contributed by atoms with van der Waals surface area (Å²) >= 11 is 0. The first kappa shape index (κ1) is 20.8. The minimum atomic E-state index is -0.156. The first-order chi connectivity index (χ1) is 15.6. The summed E-state index contributed by atoms with van der Waals surface area (Å²) in [6.07, 6.45) is 9.32. The average Bonchev–Trinajstić information content (AvgIpc) is 3.59. The van der Waals surface area contributed by atoms with E-state index in [2.05, 4.69) is 58.3 Å². The lowest BCUT2D eigenvalue weighted by Gasteiger charge is -2.20. The van der Waals surface area contributed by atoms with Crippen LogP contribution >= 0.6 is 0 Å². The molecule has 5 rings (SSSR count). The van der Waals surface area contributed by atoms with Crippen LogP contribution in [0.5, 0.6) is 0 Å². The Morgan fingerprint density at radius 3 is 2.38 bits per heavy atom. The fourth-order valence-corrected chi connectivity index (χ4v) is 4.54. The Kier molecular flexibility index (Phi) is 5.75. The van der Waals surface area contributed by atoms with Crippen molar-refractivity contribution >= 4 is 11.7 Å². The Bertz CT molecular complexity index is 1080. The van der Waals surface area contributed by atoms with E-state index in [1.807, 2.05) is 24.3 Å². The molecule has 32 heavy (non-hydrogen) atoms. The fraction of sp³-hybridized carbons (Fsp3) is 0.333. The van der Waals surface area contributed by atoms with E-state index in [1.54, 1.807) is 0 Å². The van der Waals surface area contributed by atoms with Gasteiger partial charge in [0.15, 0.2) is 5.82 Å². The van der Waals surface area contributed by atoms with Crippen LogP contribution in [0, 0.1) is 12.3 Å². The van der Waals surface area contributed by atoms with Gasteiger partial charge in [-0.25, -0.2) is 0 Å². The van der Waals surface area contributed by atoms with E-state index in [9.17, 15) is 4.79 Å². The molecule has 0 atom stereocenters. The van der Waals surface area contributed by atoms with E-state index >= 15 is 0 Å². The van der Waals surface area contributed by atoms with Gasteiger partial charge in [0, 0.05) is 23.1 Å². The molecule has 1 aromatic heterocycles. The SMILES string of the molecule is NC1(c2ccc(-c3nnc(NC(=O)CC4CC[CH]CC4)cc3-c3ccccc3)cc2)CC1. The number of nitrogens with zero attached hydrogens (tertiary/aromatic N) is 2. The topological polar surface area (TPSA) is 80.9 Å². The summed E-state index contributed by atoms with van der Waals surface area (Å²) in [7, 11) is 0. The quantitative estimate of drug-likeness (QED) is 0.548. The van der Waals surface area contributed by atoms with E-state index in [-0.39, 0.29) is 11.4 Å². The number of hydrogen-bond donors (Lipinski definition) is 2. The second-order valence-electron chi connectivity index (χ2n) is 9.15. The number of aromatic nitrogens is 2. The van der Waals surface area contributed by atoms with Gasteiger partial charge in [-0.2, -0.15) is 0 Å². The molecule has 2 aliphatic rings. The number of nitrogens with two attached hydrogens (primary N) is 1. The van der Waals surface area contributed by atoms with E-state index in [4.69, 9.17) is 5.73 Å². The van der Waals surface area contributed by atoms with Crippen molar-refractivity contribution in [2.75, 3.05) is 5.32 Å². The van der Waals surface area contributed by atoms with Crippen molar-refractivity contribution in [3.63, 3.8) is 0 Å². The van der Waals surface area contributed by atoms with Crippen molar-refractivity contribution in [3.05, 3.63) is 72.6 Å². The number of amides is 1. The predicted molar refractivity (Wildman–Crippen MR) is 128 cm³/mol. The number of hydrogen-bond acceptors (Lipinski definition) is 4. The molecule has 2 aliphatic carbocycles. The first-order valence-electron chi connectivity index (χ1n) is 11.6.